The van der Waals surface area contributed by atoms with E-state index in [0.29, 0.717) is 12.5 Å². The zero-order chi connectivity index (χ0) is 15.7. The van der Waals surface area contributed by atoms with Gasteiger partial charge in [0.25, 0.3) is 0 Å². The smallest absolute Gasteiger partial charge is 0.222 e. The van der Waals surface area contributed by atoms with E-state index in [9.17, 15) is 4.79 Å². The van der Waals surface area contributed by atoms with Gasteiger partial charge in [0.05, 0.1) is 0 Å². The van der Waals surface area contributed by atoms with E-state index in [0.717, 1.165) is 51.5 Å². The Morgan fingerprint density at radius 1 is 1.38 bits per heavy atom. The highest BCUT2D eigenvalue weighted by molar-refractivity contribution is 5.80. The Kier molecular flexibility index (Phi) is 8.12. The molecule has 1 atom stereocenters. The molecule has 1 rings (SSSR count). The molecule has 1 heterocycles. The third kappa shape index (κ3) is 6.80. The lowest BCUT2D eigenvalue weighted by molar-refractivity contribution is -0.129. The van der Waals surface area contributed by atoms with Gasteiger partial charge >= 0.3 is 0 Å². The van der Waals surface area contributed by atoms with Crippen LogP contribution in [-0.2, 0) is 4.79 Å². The van der Waals surface area contributed by atoms with Crippen molar-refractivity contribution in [2.24, 2.45) is 4.99 Å². The fourth-order valence-electron chi connectivity index (χ4n) is 2.42. The molecule has 1 unspecified atom stereocenters. The van der Waals surface area contributed by atoms with E-state index in [1.54, 1.807) is 0 Å². The van der Waals surface area contributed by atoms with Crippen molar-refractivity contribution in [3.05, 3.63) is 0 Å². The first-order valence-electron chi connectivity index (χ1n) is 8.04. The van der Waals surface area contributed by atoms with E-state index >= 15 is 0 Å². The Morgan fingerprint density at radius 2 is 2.14 bits per heavy atom. The average molecular weight is 297 g/mol. The Morgan fingerprint density at radius 3 is 2.76 bits per heavy atom. The molecule has 0 bridgehead atoms. The van der Waals surface area contributed by atoms with Crippen molar-refractivity contribution in [2.45, 2.75) is 39.2 Å². The molecule has 122 valence electrons. The van der Waals surface area contributed by atoms with E-state index in [4.69, 9.17) is 0 Å². The molecule has 0 radical (unpaired) electrons. The summed E-state index contributed by atoms with van der Waals surface area (Å²) in [5, 5.41) is 6.72. The van der Waals surface area contributed by atoms with E-state index < -0.39 is 0 Å². The molecular formula is C15H31N5O. The normalized spacial score (nSPS) is 19.2. The van der Waals surface area contributed by atoms with Crippen molar-refractivity contribution in [1.82, 2.24) is 20.4 Å². The van der Waals surface area contributed by atoms with Gasteiger partial charge in [0, 0.05) is 38.6 Å². The standard InChI is InChI=1S/C15H31N5O/c1-5-14(21)20-11-8-13(12-20)18-15(16-6-2)17-9-7-10-19(3)4/h13H,5-12H2,1-4H3,(H2,16,17,18). The predicted octanol–water partition coefficient (Wildman–Crippen LogP) is 0.504. The maximum absolute atomic E-state index is 11.7. The van der Waals surface area contributed by atoms with Gasteiger partial charge in [0.1, 0.15) is 0 Å². The Balaban J connectivity index is 2.40. The lowest BCUT2D eigenvalue weighted by atomic mass is 10.3. The first-order chi connectivity index (χ1) is 10.1. The fraction of sp³-hybridized carbons (Fsp3) is 0.867. The number of aliphatic imine (C=N–C) groups is 1. The number of guanidine groups is 1. The summed E-state index contributed by atoms with van der Waals surface area (Å²) in [4.78, 5) is 20.4. The second kappa shape index (κ2) is 9.60. The quantitative estimate of drug-likeness (QED) is 0.408. The summed E-state index contributed by atoms with van der Waals surface area (Å²) in [6, 6.07) is 0.312. The highest BCUT2D eigenvalue weighted by Gasteiger charge is 2.25. The predicted molar refractivity (Wildman–Crippen MR) is 87.6 cm³/mol. The molecule has 0 aromatic carbocycles. The number of carbonyl (C=O) groups excluding carboxylic acids is 1. The van der Waals surface area contributed by atoms with E-state index in [1.165, 1.54) is 0 Å². The van der Waals surface area contributed by atoms with Crippen molar-refractivity contribution in [2.75, 3.05) is 46.8 Å². The summed E-state index contributed by atoms with van der Waals surface area (Å²) in [7, 11) is 4.15. The molecule has 0 aromatic rings. The first kappa shape index (κ1) is 17.8. The summed E-state index contributed by atoms with van der Waals surface area (Å²) in [5.41, 5.74) is 0. The van der Waals surface area contributed by atoms with Gasteiger partial charge in [-0.2, -0.15) is 0 Å². The minimum atomic E-state index is 0.243. The van der Waals surface area contributed by atoms with Crippen molar-refractivity contribution >= 4 is 11.9 Å². The summed E-state index contributed by atoms with van der Waals surface area (Å²) < 4.78 is 0. The number of nitrogens with one attached hydrogen (secondary N) is 2. The number of likely N-dealkylation sites (tertiary alicyclic amines) is 1. The summed E-state index contributed by atoms with van der Waals surface area (Å²) in [6.45, 7) is 8.34. The van der Waals surface area contributed by atoms with Gasteiger partial charge in [-0.25, -0.2) is 0 Å². The molecule has 0 aliphatic carbocycles. The van der Waals surface area contributed by atoms with Crippen molar-refractivity contribution < 1.29 is 4.79 Å². The fourth-order valence-corrected chi connectivity index (χ4v) is 2.42. The highest BCUT2D eigenvalue weighted by Crippen LogP contribution is 2.10. The van der Waals surface area contributed by atoms with Crippen LogP contribution in [0, 0.1) is 0 Å². The number of hydrogen-bond acceptors (Lipinski definition) is 3. The second-order valence-corrected chi connectivity index (χ2v) is 5.74. The number of rotatable bonds is 7. The maximum Gasteiger partial charge on any atom is 0.222 e. The molecule has 1 saturated heterocycles. The van der Waals surface area contributed by atoms with Crippen LogP contribution in [0.5, 0.6) is 0 Å². The molecular weight excluding hydrogens is 266 g/mol. The van der Waals surface area contributed by atoms with Gasteiger partial charge in [0.15, 0.2) is 5.96 Å². The third-order valence-electron chi connectivity index (χ3n) is 3.56. The van der Waals surface area contributed by atoms with Gasteiger partial charge in [-0.15, -0.1) is 0 Å². The number of hydrogen-bond donors (Lipinski definition) is 2. The first-order valence-corrected chi connectivity index (χ1v) is 8.04. The van der Waals surface area contributed by atoms with Crippen molar-refractivity contribution in [3.63, 3.8) is 0 Å². The zero-order valence-electron chi connectivity index (χ0n) is 14.0. The molecule has 0 aromatic heterocycles. The minimum absolute atomic E-state index is 0.243. The molecule has 1 fully saturated rings. The minimum Gasteiger partial charge on any atom is -0.357 e. The van der Waals surface area contributed by atoms with Gasteiger partial charge in [-0.05, 0) is 40.4 Å². The topological polar surface area (TPSA) is 60.0 Å². The van der Waals surface area contributed by atoms with Crippen LogP contribution in [-0.4, -0.2) is 74.5 Å². The van der Waals surface area contributed by atoms with Crippen LogP contribution in [0.25, 0.3) is 0 Å². The molecule has 2 N–H and O–H groups in total. The van der Waals surface area contributed by atoms with Crippen LogP contribution < -0.4 is 10.6 Å². The van der Waals surface area contributed by atoms with Gasteiger partial charge < -0.3 is 20.4 Å². The molecule has 0 saturated carbocycles. The lowest BCUT2D eigenvalue weighted by Gasteiger charge is -2.18. The van der Waals surface area contributed by atoms with Gasteiger partial charge in [0.2, 0.25) is 5.91 Å². The van der Waals surface area contributed by atoms with Crippen LogP contribution in [0.4, 0.5) is 0 Å². The number of carbonyl (C=O) groups is 1. The Labute approximate surface area is 129 Å². The number of amides is 1. The average Bonchev–Trinajstić information content (AvgIpc) is 2.91. The summed E-state index contributed by atoms with van der Waals surface area (Å²) in [6.07, 6.45) is 2.63. The molecule has 1 aliphatic rings. The van der Waals surface area contributed by atoms with Crippen LogP contribution in [0.2, 0.25) is 0 Å². The molecule has 1 aliphatic heterocycles. The van der Waals surface area contributed by atoms with Crippen molar-refractivity contribution in [3.8, 4) is 0 Å². The molecule has 6 heteroatoms. The summed E-state index contributed by atoms with van der Waals surface area (Å²) >= 11 is 0. The Hall–Kier alpha value is -1.30. The molecule has 21 heavy (non-hydrogen) atoms. The largest absolute Gasteiger partial charge is 0.357 e. The van der Waals surface area contributed by atoms with Crippen molar-refractivity contribution in [1.29, 1.82) is 0 Å². The van der Waals surface area contributed by atoms with E-state index in [2.05, 4.69) is 41.5 Å². The van der Waals surface area contributed by atoms with Crippen LogP contribution in [0.3, 0.4) is 0 Å². The Bertz CT molecular complexity index is 343. The van der Waals surface area contributed by atoms with Crippen LogP contribution in [0.1, 0.15) is 33.1 Å². The van der Waals surface area contributed by atoms with Crippen LogP contribution >= 0.6 is 0 Å². The zero-order valence-corrected chi connectivity index (χ0v) is 14.0. The monoisotopic (exact) mass is 297 g/mol. The second-order valence-electron chi connectivity index (χ2n) is 5.74. The van der Waals surface area contributed by atoms with Crippen LogP contribution in [0.15, 0.2) is 4.99 Å². The molecule has 0 spiro atoms. The molecule has 1 amide bonds. The highest BCUT2D eigenvalue weighted by atomic mass is 16.2. The van der Waals surface area contributed by atoms with Gasteiger partial charge in [-0.1, -0.05) is 6.92 Å². The lowest BCUT2D eigenvalue weighted by Crippen LogP contribution is -2.45. The maximum atomic E-state index is 11.7. The SMILES string of the molecule is CCNC(=NCCCN(C)C)NC1CCN(C(=O)CC)C1. The third-order valence-corrected chi connectivity index (χ3v) is 3.56. The summed E-state index contributed by atoms with van der Waals surface area (Å²) in [5.74, 6) is 1.11. The van der Waals surface area contributed by atoms with E-state index in [1.807, 2.05) is 11.8 Å². The van der Waals surface area contributed by atoms with Gasteiger partial charge in [-0.3, -0.25) is 9.79 Å². The molecule has 6 nitrogen and oxygen atoms in total. The number of nitrogens with zero attached hydrogens (tertiary/aromatic N) is 3. The van der Waals surface area contributed by atoms with E-state index in [-0.39, 0.29) is 5.91 Å².